The van der Waals surface area contributed by atoms with Gasteiger partial charge >= 0.3 is 6.18 Å². The number of alkyl halides is 3. The van der Waals surface area contributed by atoms with Crippen LogP contribution in [0.2, 0.25) is 0 Å². The van der Waals surface area contributed by atoms with E-state index in [9.17, 15) is 18.0 Å². The van der Waals surface area contributed by atoms with Crippen molar-refractivity contribution in [3.8, 4) is 11.1 Å². The molecule has 0 spiro atoms. The van der Waals surface area contributed by atoms with E-state index in [1.165, 1.54) is 19.1 Å². The summed E-state index contributed by atoms with van der Waals surface area (Å²) in [4.78, 5) is 10.9. The Labute approximate surface area is 120 Å². The van der Waals surface area contributed by atoms with Gasteiger partial charge < -0.3 is 5.32 Å². The molecule has 2 rings (SSSR count). The zero-order valence-electron chi connectivity index (χ0n) is 11.4. The molecule has 1 amide bonds. The van der Waals surface area contributed by atoms with Crippen LogP contribution in [0, 0.1) is 0 Å². The zero-order chi connectivity index (χ0) is 15.5. The predicted octanol–water partition coefficient (Wildman–Crippen LogP) is 4.01. The molecule has 0 atom stereocenters. The van der Waals surface area contributed by atoms with Crippen LogP contribution in [0.1, 0.15) is 18.1 Å². The summed E-state index contributed by atoms with van der Waals surface area (Å²) in [6, 6.07) is 12.3. The molecular weight excluding hydrogens is 279 g/mol. The summed E-state index contributed by atoms with van der Waals surface area (Å²) in [6.07, 6.45) is -4.33. The van der Waals surface area contributed by atoms with Gasteiger partial charge in [-0.15, -0.1) is 0 Å². The first-order valence-corrected chi connectivity index (χ1v) is 6.37. The number of nitrogens with one attached hydrogen (secondary N) is 1. The van der Waals surface area contributed by atoms with Gasteiger partial charge in [0.25, 0.3) is 0 Å². The average Bonchev–Trinajstić information content (AvgIpc) is 2.45. The highest BCUT2D eigenvalue weighted by Crippen LogP contribution is 2.31. The molecule has 0 bridgehead atoms. The fraction of sp³-hybridized carbons (Fsp3) is 0.188. The Morgan fingerprint density at radius 2 is 1.71 bits per heavy atom. The predicted molar refractivity (Wildman–Crippen MR) is 74.4 cm³/mol. The largest absolute Gasteiger partial charge is 0.416 e. The normalized spacial score (nSPS) is 11.2. The van der Waals surface area contributed by atoms with Gasteiger partial charge in [-0.2, -0.15) is 13.2 Å². The van der Waals surface area contributed by atoms with Crippen LogP contribution in [0.25, 0.3) is 11.1 Å². The van der Waals surface area contributed by atoms with E-state index in [1.807, 2.05) is 24.3 Å². The molecule has 0 aromatic heterocycles. The summed E-state index contributed by atoms with van der Waals surface area (Å²) >= 11 is 0. The fourth-order valence-electron chi connectivity index (χ4n) is 1.94. The van der Waals surface area contributed by atoms with Crippen molar-refractivity contribution in [1.82, 2.24) is 5.32 Å². The monoisotopic (exact) mass is 293 g/mol. The number of halogens is 3. The number of amides is 1. The van der Waals surface area contributed by atoms with Crippen LogP contribution in [0.3, 0.4) is 0 Å². The van der Waals surface area contributed by atoms with Gasteiger partial charge in [0.15, 0.2) is 0 Å². The van der Waals surface area contributed by atoms with Crippen molar-refractivity contribution < 1.29 is 18.0 Å². The summed E-state index contributed by atoms with van der Waals surface area (Å²) in [5.74, 6) is -0.130. The molecule has 0 heterocycles. The number of hydrogen-bond donors (Lipinski definition) is 1. The van der Waals surface area contributed by atoms with Crippen molar-refractivity contribution >= 4 is 5.91 Å². The molecule has 2 nitrogen and oxygen atoms in total. The number of hydrogen-bond acceptors (Lipinski definition) is 1. The molecule has 0 unspecified atom stereocenters. The molecule has 0 radical (unpaired) electrons. The average molecular weight is 293 g/mol. The molecule has 21 heavy (non-hydrogen) atoms. The van der Waals surface area contributed by atoms with E-state index in [1.54, 1.807) is 0 Å². The third kappa shape index (κ3) is 4.08. The SMILES string of the molecule is CC(=O)NCc1cccc(-c2ccc(C(F)(F)F)cc2)c1. The molecule has 0 saturated carbocycles. The van der Waals surface area contributed by atoms with Gasteiger partial charge in [0.1, 0.15) is 0 Å². The van der Waals surface area contributed by atoms with Gasteiger partial charge in [-0.25, -0.2) is 0 Å². The minimum Gasteiger partial charge on any atom is -0.352 e. The second-order valence-electron chi connectivity index (χ2n) is 4.69. The van der Waals surface area contributed by atoms with Gasteiger partial charge in [0.05, 0.1) is 5.56 Å². The van der Waals surface area contributed by atoms with Crippen LogP contribution in [0.5, 0.6) is 0 Å². The van der Waals surface area contributed by atoms with Gasteiger partial charge in [0, 0.05) is 13.5 Å². The summed E-state index contributed by atoms with van der Waals surface area (Å²) < 4.78 is 37.6. The second kappa shape index (κ2) is 5.99. The molecular formula is C16H14F3NO. The van der Waals surface area contributed by atoms with Gasteiger partial charge in [-0.05, 0) is 34.9 Å². The number of rotatable bonds is 3. The Morgan fingerprint density at radius 1 is 1.05 bits per heavy atom. The number of carbonyl (C=O) groups is 1. The molecule has 1 N–H and O–H groups in total. The van der Waals surface area contributed by atoms with Crippen LogP contribution < -0.4 is 5.32 Å². The quantitative estimate of drug-likeness (QED) is 0.910. The molecule has 0 saturated heterocycles. The Balaban J connectivity index is 2.22. The molecule has 5 heteroatoms. The van der Waals surface area contributed by atoms with Crippen molar-refractivity contribution in [2.45, 2.75) is 19.6 Å². The fourth-order valence-corrected chi connectivity index (χ4v) is 1.94. The Morgan fingerprint density at radius 3 is 2.29 bits per heavy atom. The highest BCUT2D eigenvalue weighted by molar-refractivity contribution is 5.73. The summed E-state index contributed by atoms with van der Waals surface area (Å²) in [5, 5.41) is 2.68. The Bertz CT molecular complexity index is 633. The third-order valence-corrected chi connectivity index (χ3v) is 3.01. The van der Waals surface area contributed by atoms with E-state index in [4.69, 9.17) is 0 Å². The topological polar surface area (TPSA) is 29.1 Å². The molecule has 0 fully saturated rings. The van der Waals surface area contributed by atoms with Crippen molar-refractivity contribution in [3.63, 3.8) is 0 Å². The number of carbonyl (C=O) groups excluding carboxylic acids is 1. The molecule has 0 aliphatic heterocycles. The maximum atomic E-state index is 12.5. The van der Waals surface area contributed by atoms with Crippen LogP contribution >= 0.6 is 0 Å². The summed E-state index contributed by atoms with van der Waals surface area (Å²) in [5.41, 5.74) is 1.74. The lowest BCUT2D eigenvalue weighted by Crippen LogP contribution is -2.18. The van der Waals surface area contributed by atoms with Gasteiger partial charge in [0.2, 0.25) is 5.91 Å². The molecule has 0 aliphatic carbocycles. The first-order valence-electron chi connectivity index (χ1n) is 6.37. The first-order chi connectivity index (χ1) is 9.86. The Kier molecular flexibility index (Phi) is 4.31. The van der Waals surface area contributed by atoms with Crippen LogP contribution in [-0.2, 0) is 17.5 Å². The minimum atomic E-state index is -4.33. The van der Waals surface area contributed by atoms with Crippen molar-refractivity contribution in [2.24, 2.45) is 0 Å². The van der Waals surface area contributed by atoms with Crippen molar-refractivity contribution in [3.05, 3.63) is 59.7 Å². The molecule has 110 valence electrons. The van der Waals surface area contributed by atoms with Crippen LogP contribution in [-0.4, -0.2) is 5.91 Å². The standard InChI is InChI=1S/C16H14F3NO/c1-11(21)20-10-12-3-2-4-14(9-12)13-5-7-15(8-6-13)16(17,18)19/h2-9H,10H2,1H3,(H,20,21). The lowest BCUT2D eigenvalue weighted by molar-refractivity contribution is -0.137. The first kappa shape index (κ1) is 15.1. The van der Waals surface area contributed by atoms with Gasteiger partial charge in [-0.3, -0.25) is 4.79 Å². The maximum absolute atomic E-state index is 12.5. The van der Waals surface area contributed by atoms with E-state index in [-0.39, 0.29) is 5.91 Å². The summed E-state index contributed by atoms with van der Waals surface area (Å²) in [6.45, 7) is 1.82. The smallest absolute Gasteiger partial charge is 0.352 e. The maximum Gasteiger partial charge on any atom is 0.416 e. The lowest BCUT2D eigenvalue weighted by atomic mass is 10.0. The van der Waals surface area contributed by atoms with E-state index in [0.29, 0.717) is 12.1 Å². The van der Waals surface area contributed by atoms with Crippen LogP contribution in [0.4, 0.5) is 13.2 Å². The highest BCUT2D eigenvalue weighted by Gasteiger charge is 2.29. The van der Waals surface area contributed by atoms with E-state index in [0.717, 1.165) is 23.3 Å². The van der Waals surface area contributed by atoms with Gasteiger partial charge in [-0.1, -0.05) is 30.3 Å². The van der Waals surface area contributed by atoms with Crippen molar-refractivity contribution in [1.29, 1.82) is 0 Å². The third-order valence-electron chi connectivity index (χ3n) is 3.01. The minimum absolute atomic E-state index is 0.130. The van der Waals surface area contributed by atoms with E-state index >= 15 is 0 Å². The lowest BCUT2D eigenvalue weighted by Gasteiger charge is -2.09. The molecule has 0 aliphatic rings. The molecule has 2 aromatic rings. The van der Waals surface area contributed by atoms with E-state index < -0.39 is 11.7 Å². The highest BCUT2D eigenvalue weighted by atomic mass is 19.4. The zero-order valence-corrected chi connectivity index (χ0v) is 11.4. The second-order valence-corrected chi connectivity index (χ2v) is 4.69. The van der Waals surface area contributed by atoms with Crippen LogP contribution in [0.15, 0.2) is 48.5 Å². The van der Waals surface area contributed by atoms with Crippen molar-refractivity contribution in [2.75, 3.05) is 0 Å². The Hall–Kier alpha value is -2.30. The van der Waals surface area contributed by atoms with E-state index in [2.05, 4.69) is 5.32 Å². The number of benzene rings is 2. The molecule has 2 aromatic carbocycles. The summed E-state index contributed by atoms with van der Waals surface area (Å²) in [7, 11) is 0.